The van der Waals surface area contributed by atoms with Crippen LogP contribution < -0.4 is 15.4 Å². The van der Waals surface area contributed by atoms with E-state index in [-0.39, 0.29) is 12.5 Å². The molecule has 0 aliphatic rings. The first-order valence-corrected chi connectivity index (χ1v) is 5.29. The number of ether oxygens (including phenoxy) is 2. The number of rotatable bonds is 5. The third kappa shape index (κ3) is 2.95. The van der Waals surface area contributed by atoms with E-state index < -0.39 is 6.10 Å². The molecule has 0 spiro atoms. The Balaban J connectivity index is 2.95. The van der Waals surface area contributed by atoms with Crippen LogP contribution in [0.1, 0.15) is 0 Å². The first-order valence-electron chi connectivity index (χ1n) is 5.29. The average molecular weight is 238 g/mol. The van der Waals surface area contributed by atoms with Gasteiger partial charge in [0.05, 0.1) is 12.8 Å². The van der Waals surface area contributed by atoms with Crippen molar-refractivity contribution < 1.29 is 14.3 Å². The average Bonchev–Trinajstić information content (AvgIpc) is 2.39. The van der Waals surface area contributed by atoms with Crippen molar-refractivity contribution in [2.45, 2.75) is 6.10 Å². The zero-order valence-electron chi connectivity index (χ0n) is 10.3. The molecule has 0 aliphatic heterocycles. The van der Waals surface area contributed by atoms with Crippen molar-refractivity contribution >= 4 is 11.6 Å². The number of anilines is 1. The predicted molar refractivity (Wildman–Crippen MR) is 66.3 cm³/mol. The van der Waals surface area contributed by atoms with Gasteiger partial charge in [0, 0.05) is 20.7 Å². The monoisotopic (exact) mass is 238 g/mol. The maximum absolute atomic E-state index is 12.0. The van der Waals surface area contributed by atoms with Crippen LogP contribution in [0.3, 0.4) is 0 Å². The molecule has 1 rings (SSSR count). The first kappa shape index (κ1) is 13.5. The minimum atomic E-state index is -0.634. The van der Waals surface area contributed by atoms with Crippen molar-refractivity contribution in [3.63, 3.8) is 0 Å². The fraction of sp³-hybridized carbons (Fsp3) is 0.417. The Kier molecular flexibility index (Phi) is 4.93. The normalized spacial score (nSPS) is 12.0. The lowest BCUT2D eigenvalue weighted by Crippen LogP contribution is -2.41. The molecular formula is C12H18N2O3. The van der Waals surface area contributed by atoms with Gasteiger partial charge < -0.3 is 20.1 Å². The predicted octanol–water partition coefficient (Wildman–Crippen LogP) is 0.632. The lowest BCUT2D eigenvalue weighted by atomic mass is 10.2. The number of amides is 1. The van der Waals surface area contributed by atoms with E-state index >= 15 is 0 Å². The molecule has 1 unspecified atom stereocenters. The highest BCUT2D eigenvalue weighted by Gasteiger charge is 2.22. The van der Waals surface area contributed by atoms with Gasteiger partial charge >= 0.3 is 0 Å². The SMILES string of the molecule is COc1ccccc1N(C)C(=O)C(CN)OC. The van der Waals surface area contributed by atoms with Gasteiger partial charge in [0.2, 0.25) is 0 Å². The number of hydrogen-bond acceptors (Lipinski definition) is 4. The highest BCUT2D eigenvalue weighted by molar-refractivity contribution is 5.97. The second-order valence-electron chi connectivity index (χ2n) is 3.53. The molecule has 0 fully saturated rings. The fourth-order valence-electron chi connectivity index (χ4n) is 1.54. The fourth-order valence-corrected chi connectivity index (χ4v) is 1.54. The molecule has 0 aliphatic carbocycles. The molecule has 0 heterocycles. The highest BCUT2D eigenvalue weighted by Crippen LogP contribution is 2.27. The van der Waals surface area contributed by atoms with Crippen LogP contribution in [0.5, 0.6) is 5.75 Å². The van der Waals surface area contributed by atoms with Gasteiger partial charge in [0.25, 0.3) is 5.91 Å². The molecule has 1 amide bonds. The molecule has 0 saturated carbocycles. The number of carbonyl (C=O) groups is 1. The van der Waals surface area contributed by atoms with Crippen molar-refractivity contribution in [1.82, 2.24) is 0 Å². The maximum atomic E-state index is 12.0. The van der Waals surface area contributed by atoms with E-state index in [0.717, 1.165) is 0 Å². The Hall–Kier alpha value is -1.59. The van der Waals surface area contributed by atoms with Gasteiger partial charge in [-0.1, -0.05) is 12.1 Å². The standard InChI is InChI=1S/C12H18N2O3/c1-14(12(15)11(8-13)17-3)9-6-4-5-7-10(9)16-2/h4-7,11H,8,13H2,1-3H3. The zero-order chi connectivity index (χ0) is 12.8. The summed E-state index contributed by atoms with van der Waals surface area (Å²) >= 11 is 0. The van der Waals surface area contributed by atoms with E-state index in [4.69, 9.17) is 15.2 Å². The summed E-state index contributed by atoms with van der Waals surface area (Å²) in [6.07, 6.45) is -0.634. The second-order valence-corrected chi connectivity index (χ2v) is 3.53. The smallest absolute Gasteiger partial charge is 0.257 e. The van der Waals surface area contributed by atoms with Crippen LogP contribution in [0, 0.1) is 0 Å². The van der Waals surface area contributed by atoms with Gasteiger partial charge in [0.15, 0.2) is 0 Å². The Labute approximate surface area is 101 Å². The molecule has 1 aromatic carbocycles. The van der Waals surface area contributed by atoms with Gasteiger partial charge in [-0.2, -0.15) is 0 Å². The molecule has 0 bridgehead atoms. The van der Waals surface area contributed by atoms with Gasteiger partial charge in [-0.15, -0.1) is 0 Å². The van der Waals surface area contributed by atoms with Crippen molar-refractivity contribution in [3.05, 3.63) is 24.3 Å². The summed E-state index contributed by atoms with van der Waals surface area (Å²) in [7, 11) is 4.70. The molecular weight excluding hydrogens is 220 g/mol. The van der Waals surface area contributed by atoms with Gasteiger partial charge in [0.1, 0.15) is 11.9 Å². The molecule has 1 atom stereocenters. The molecule has 5 heteroatoms. The molecule has 0 saturated heterocycles. The molecule has 1 aromatic rings. The van der Waals surface area contributed by atoms with Crippen molar-refractivity contribution in [2.24, 2.45) is 5.73 Å². The minimum absolute atomic E-state index is 0.148. The van der Waals surface area contributed by atoms with E-state index in [2.05, 4.69) is 0 Å². The van der Waals surface area contributed by atoms with Crippen LogP contribution in [-0.2, 0) is 9.53 Å². The summed E-state index contributed by atoms with van der Waals surface area (Å²) in [5.41, 5.74) is 6.16. The largest absolute Gasteiger partial charge is 0.495 e. The number of benzene rings is 1. The highest BCUT2D eigenvalue weighted by atomic mass is 16.5. The number of nitrogens with two attached hydrogens (primary N) is 1. The summed E-state index contributed by atoms with van der Waals surface area (Å²) < 4.78 is 10.2. The van der Waals surface area contributed by atoms with Crippen molar-refractivity contribution in [2.75, 3.05) is 32.7 Å². The van der Waals surface area contributed by atoms with Crippen LogP contribution in [0.25, 0.3) is 0 Å². The summed E-state index contributed by atoms with van der Waals surface area (Å²) in [5, 5.41) is 0. The van der Waals surface area contributed by atoms with Crippen LogP contribution in [0.15, 0.2) is 24.3 Å². The maximum Gasteiger partial charge on any atom is 0.257 e. The van der Waals surface area contributed by atoms with Crippen molar-refractivity contribution in [1.29, 1.82) is 0 Å². The van der Waals surface area contributed by atoms with E-state index in [1.54, 1.807) is 26.3 Å². The molecule has 5 nitrogen and oxygen atoms in total. The number of hydrogen-bond donors (Lipinski definition) is 1. The van der Waals surface area contributed by atoms with E-state index in [1.807, 2.05) is 12.1 Å². The molecule has 0 radical (unpaired) electrons. The summed E-state index contributed by atoms with van der Waals surface area (Å²) in [4.78, 5) is 13.5. The number of methoxy groups -OCH3 is 2. The van der Waals surface area contributed by atoms with Gasteiger partial charge in [-0.25, -0.2) is 0 Å². The number of para-hydroxylation sites is 2. The Morgan fingerprint density at radius 1 is 1.41 bits per heavy atom. The lowest BCUT2D eigenvalue weighted by Gasteiger charge is -2.23. The third-order valence-electron chi connectivity index (χ3n) is 2.55. The Morgan fingerprint density at radius 3 is 2.59 bits per heavy atom. The zero-order valence-corrected chi connectivity index (χ0v) is 10.3. The number of nitrogens with zero attached hydrogens (tertiary/aromatic N) is 1. The van der Waals surface area contributed by atoms with E-state index in [0.29, 0.717) is 11.4 Å². The summed E-state index contributed by atoms with van der Waals surface area (Å²) in [6.45, 7) is 0.148. The molecule has 2 N–H and O–H groups in total. The minimum Gasteiger partial charge on any atom is -0.495 e. The van der Waals surface area contributed by atoms with Crippen molar-refractivity contribution in [3.8, 4) is 5.75 Å². The van der Waals surface area contributed by atoms with Gasteiger partial charge in [-0.3, -0.25) is 4.79 Å². The second kappa shape index (κ2) is 6.22. The summed E-state index contributed by atoms with van der Waals surface area (Å²) in [6, 6.07) is 7.28. The van der Waals surface area contributed by atoms with Crippen LogP contribution >= 0.6 is 0 Å². The Bertz CT molecular complexity index is 378. The van der Waals surface area contributed by atoms with E-state index in [1.165, 1.54) is 12.0 Å². The molecule has 17 heavy (non-hydrogen) atoms. The number of likely N-dealkylation sites (N-methyl/N-ethyl adjacent to an activating group) is 1. The van der Waals surface area contributed by atoms with E-state index in [9.17, 15) is 4.79 Å². The molecule has 94 valence electrons. The van der Waals surface area contributed by atoms with Crippen LogP contribution in [0.4, 0.5) is 5.69 Å². The quantitative estimate of drug-likeness (QED) is 0.817. The lowest BCUT2D eigenvalue weighted by molar-refractivity contribution is -0.127. The number of carbonyl (C=O) groups excluding carboxylic acids is 1. The third-order valence-corrected chi connectivity index (χ3v) is 2.55. The molecule has 0 aromatic heterocycles. The van der Waals surface area contributed by atoms with Gasteiger partial charge in [-0.05, 0) is 12.1 Å². The topological polar surface area (TPSA) is 64.8 Å². The Morgan fingerprint density at radius 2 is 2.06 bits per heavy atom. The van der Waals surface area contributed by atoms with Crippen LogP contribution in [0.2, 0.25) is 0 Å². The van der Waals surface area contributed by atoms with Crippen LogP contribution in [-0.4, -0.2) is 39.8 Å². The first-order chi connectivity index (χ1) is 8.15. The summed E-state index contributed by atoms with van der Waals surface area (Å²) in [5.74, 6) is 0.440.